The lowest BCUT2D eigenvalue weighted by Crippen LogP contribution is -2.58. The lowest BCUT2D eigenvalue weighted by atomic mass is 9.81. The zero-order valence-corrected chi connectivity index (χ0v) is 15.6. The van der Waals surface area contributed by atoms with E-state index in [1.807, 2.05) is 13.8 Å². The Hall–Kier alpha value is -0.740. The van der Waals surface area contributed by atoms with Crippen molar-refractivity contribution >= 4 is 16.1 Å². The highest BCUT2D eigenvalue weighted by molar-refractivity contribution is 7.86. The van der Waals surface area contributed by atoms with Gasteiger partial charge in [0.1, 0.15) is 0 Å². The van der Waals surface area contributed by atoms with E-state index in [2.05, 4.69) is 0 Å². The number of morpholine rings is 1. The third kappa shape index (κ3) is 3.75. The lowest BCUT2D eigenvalue weighted by Gasteiger charge is -2.41. The minimum atomic E-state index is -3.46. The van der Waals surface area contributed by atoms with Crippen molar-refractivity contribution in [3.8, 4) is 0 Å². The van der Waals surface area contributed by atoms with Crippen LogP contribution in [0.5, 0.6) is 0 Å². The van der Waals surface area contributed by atoms with Crippen LogP contribution in [-0.2, 0) is 19.7 Å². The average Bonchev–Trinajstić information content (AvgIpc) is 2.64. The molecule has 0 radical (unpaired) electrons. The van der Waals surface area contributed by atoms with Gasteiger partial charge in [0.05, 0.1) is 18.6 Å². The van der Waals surface area contributed by atoms with Crippen molar-refractivity contribution in [1.29, 1.82) is 0 Å². The summed E-state index contributed by atoms with van der Waals surface area (Å²) in [5, 5.41) is 0. The zero-order valence-electron chi connectivity index (χ0n) is 14.7. The van der Waals surface area contributed by atoms with E-state index in [9.17, 15) is 13.2 Å². The van der Waals surface area contributed by atoms with Crippen LogP contribution in [0.3, 0.4) is 0 Å². The number of piperazine rings is 1. The molecular weight excluding hydrogens is 332 g/mol. The van der Waals surface area contributed by atoms with E-state index in [-0.39, 0.29) is 5.91 Å². The van der Waals surface area contributed by atoms with Crippen molar-refractivity contribution in [2.75, 3.05) is 59.0 Å². The van der Waals surface area contributed by atoms with Crippen LogP contribution in [0.4, 0.5) is 0 Å². The van der Waals surface area contributed by atoms with E-state index in [4.69, 9.17) is 10.5 Å². The van der Waals surface area contributed by atoms with Crippen molar-refractivity contribution in [3.05, 3.63) is 0 Å². The fourth-order valence-corrected chi connectivity index (χ4v) is 4.89. The molecule has 0 aliphatic carbocycles. The Kier molecular flexibility index (Phi) is 6.60. The molecule has 2 aliphatic heterocycles. The van der Waals surface area contributed by atoms with Crippen molar-refractivity contribution in [1.82, 2.24) is 13.5 Å². The molecule has 8 nitrogen and oxygen atoms in total. The molecule has 140 valence electrons. The number of carbonyl (C=O) groups excluding carboxylic acids is 1. The molecule has 2 rings (SSSR count). The van der Waals surface area contributed by atoms with Gasteiger partial charge >= 0.3 is 0 Å². The van der Waals surface area contributed by atoms with E-state index >= 15 is 0 Å². The van der Waals surface area contributed by atoms with Crippen LogP contribution in [0.15, 0.2) is 0 Å². The van der Waals surface area contributed by atoms with Gasteiger partial charge in [-0.2, -0.15) is 17.0 Å². The molecule has 24 heavy (non-hydrogen) atoms. The largest absolute Gasteiger partial charge is 0.379 e. The molecule has 9 heteroatoms. The van der Waals surface area contributed by atoms with Crippen LogP contribution >= 0.6 is 0 Å². The van der Waals surface area contributed by atoms with Crippen molar-refractivity contribution < 1.29 is 17.9 Å². The number of hydrogen-bond acceptors (Lipinski definition) is 5. The third-order valence-corrected chi connectivity index (χ3v) is 7.38. The first-order chi connectivity index (χ1) is 11.4. The Morgan fingerprint density at radius 2 is 1.50 bits per heavy atom. The van der Waals surface area contributed by atoms with E-state index < -0.39 is 15.6 Å². The average molecular weight is 362 g/mol. The summed E-state index contributed by atoms with van der Waals surface area (Å²) in [5.41, 5.74) is 5.34. The zero-order chi connectivity index (χ0) is 17.8. The summed E-state index contributed by atoms with van der Waals surface area (Å²) >= 11 is 0. The summed E-state index contributed by atoms with van der Waals surface area (Å²) in [6.45, 7) is 7.44. The molecule has 2 heterocycles. The molecule has 0 saturated carbocycles. The highest BCUT2D eigenvalue weighted by atomic mass is 32.2. The van der Waals surface area contributed by atoms with Gasteiger partial charge in [-0.1, -0.05) is 13.8 Å². The number of nitrogens with zero attached hydrogens (tertiary/aromatic N) is 3. The number of amides is 1. The lowest BCUT2D eigenvalue weighted by molar-refractivity contribution is -0.143. The molecule has 0 bridgehead atoms. The van der Waals surface area contributed by atoms with Crippen LogP contribution < -0.4 is 5.73 Å². The number of nitrogens with two attached hydrogens (primary N) is 1. The van der Waals surface area contributed by atoms with Gasteiger partial charge in [0, 0.05) is 45.8 Å². The first kappa shape index (κ1) is 19.6. The molecule has 1 amide bonds. The molecule has 2 saturated heterocycles. The fourth-order valence-electron chi connectivity index (χ4n) is 3.33. The van der Waals surface area contributed by atoms with E-state index in [1.54, 1.807) is 4.90 Å². The maximum atomic E-state index is 12.8. The maximum absolute atomic E-state index is 12.8. The Labute approximate surface area is 145 Å². The second kappa shape index (κ2) is 8.09. The van der Waals surface area contributed by atoms with E-state index in [1.165, 1.54) is 8.61 Å². The number of rotatable bonds is 6. The second-order valence-corrected chi connectivity index (χ2v) is 8.33. The molecule has 2 fully saturated rings. The predicted octanol–water partition coefficient (Wildman–Crippen LogP) is -0.527. The van der Waals surface area contributed by atoms with Crippen LogP contribution in [-0.4, -0.2) is 86.9 Å². The summed E-state index contributed by atoms with van der Waals surface area (Å²) in [4.78, 5) is 14.6. The van der Waals surface area contributed by atoms with Crippen LogP contribution in [0.1, 0.15) is 26.7 Å². The summed E-state index contributed by atoms with van der Waals surface area (Å²) in [6.07, 6.45) is 1.40. The van der Waals surface area contributed by atoms with Gasteiger partial charge in [-0.15, -0.1) is 0 Å². The minimum absolute atomic E-state index is 0.0541. The third-order valence-electron chi connectivity index (χ3n) is 5.35. The van der Waals surface area contributed by atoms with Crippen molar-refractivity contribution in [2.45, 2.75) is 26.7 Å². The Morgan fingerprint density at radius 3 is 1.96 bits per heavy atom. The summed E-state index contributed by atoms with van der Waals surface area (Å²) in [7, 11) is -3.46. The molecule has 0 unspecified atom stereocenters. The molecule has 0 spiro atoms. The molecule has 0 aromatic rings. The smallest absolute Gasteiger partial charge is 0.282 e. The van der Waals surface area contributed by atoms with Gasteiger partial charge < -0.3 is 15.4 Å². The molecule has 0 aromatic heterocycles. The van der Waals surface area contributed by atoms with Gasteiger partial charge in [0.2, 0.25) is 5.91 Å². The Balaban J connectivity index is 1.99. The number of carbonyl (C=O) groups is 1. The highest BCUT2D eigenvalue weighted by Gasteiger charge is 2.40. The van der Waals surface area contributed by atoms with Gasteiger partial charge in [0.25, 0.3) is 10.2 Å². The molecule has 2 aliphatic rings. The van der Waals surface area contributed by atoms with Crippen LogP contribution in [0.25, 0.3) is 0 Å². The van der Waals surface area contributed by atoms with Crippen molar-refractivity contribution in [2.24, 2.45) is 11.1 Å². The fraction of sp³-hybridized carbons (Fsp3) is 0.933. The molecule has 0 atom stereocenters. The van der Waals surface area contributed by atoms with Crippen molar-refractivity contribution in [3.63, 3.8) is 0 Å². The van der Waals surface area contributed by atoms with Crippen LogP contribution in [0.2, 0.25) is 0 Å². The van der Waals surface area contributed by atoms with E-state index in [0.29, 0.717) is 71.9 Å². The van der Waals surface area contributed by atoms with Gasteiger partial charge in [-0.3, -0.25) is 4.79 Å². The van der Waals surface area contributed by atoms with Crippen LogP contribution in [0, 0.1) is 5.41 Å². The molecule has 0 aromatic carbocycles. The van der Waals surface area contributed by atoms with Gasteiger partial charge in [-0.05, 0) is 12.8 Å². The highest BCUT2D eigenvalue weighted by Crippen LogP contribution is 2.28. The quantitative estimate of drug-likeness (QED) is 0.685. The van der Waals surface area contributed by atoms with E-state index in [0.717, 1.165) is 0 Å². The minimum Gasteiger partial charge on any atom is -0.379 e. The van der Waals surface area contributed by atoms with Gasteiger partial charge in [0.15, 0.2) is 0 Å². The first-order valence-corrected chi connectivity index (χ1v) is 10.1. The number of hydrogen-bond donors (Lipinski definition) is 1. The summed E-state index contributed by atoms with van der Waals surface area (Å²) in [5.74, 6) is 0.0541. The Morgan fingerprint density at radius 1 is 1.00 bits per heavy atom. The topological polar surface area (TPSA) is 96.2 Å². The summed E-state index contributed by atoms with van der Waals surface area (Å²) < 4.78 is 33.5. The number of ether oxygens (including phenoxy) is 1. The second-order valence-electron chi connectivity index (χ2n) is 6.40. The molecular formula is C15H30N4O4S. The maximum Gasteiger partial charge on any atom is 0.282 e. The Bertz CT molecular complexity index is 513. The predicted molar refractivity (Wildman–Crippen MR) is 91.5 cm³/mol. The SMILES string of the molecule is CCC(CC)(CN)C(=O)N1CCN(S(=O)(=O)N2CCOCC2)CC1. The van der Waals surface area contributed by atoms with Gasteiger partial charge in [-0.25, -0.2) is 0 Å². The normalized spacial score (nSPS) is 21.9. The monoisotopic (exact) mass is 362 g/mol. The summed E-state index contributed by atoms with van der Waals surface area (Å²) in [6, 6.07) is 0. The first-order valence-electron chi connectivity index (χ1n) is 8.73. The standard InChI is InChI=1S/C15H30N4O4S/c1-3-15(4-2,13-16)14(20)17-5-7-18(8-6-17)24(21,22)19-9-11-23-12-10-19/h3-13,16H2,1-2H3. The molecule has 2 N–H and O–H groups in total.